The Morgan fingerprint density at radius 2 is 2.20 bits per heavy atom. The molecule has 2 amide bonds. The zero-order valence-electron chi connectivity index (χ0n) is 4.85. The van der Waals surface area contributed by atoms with Crippen LogP contribution in [-0.2, 0) is 0 Å². The number of amides is 2. The Balaban J connectivity index is 3.98. The number of carbonyl (C=O) groups excluding carboxylic acids is 1. The molecule has 0 spiro atoms. The maximum atomic E-state index is 10.0. The minimum Gasteiger partial charge on any atom is -0.411 e. The lowest BCUT2D eigenvalue weighted by molar-refractivity contribution is 0.252. The molecule has 0 saturated carbocycles. The highest BCUT2D eigenvalue weighted by atomic mass is 16.4. The van der Waals surface area contributed by atoms with Gasteiger partial charge in [-0.3, -0.25) is 5.32 Å². The molecule has 0 atom stereocenters. The molecule has 7 heteroatoms. The maximum Gasteiger partial charge on any atom is 0.317 e. The summed E-state index contributed by atoms with van der Waals surface area (Å²) in [6.45, 7) is 0. The minimum absolute atomic E-state index is 0.338. The van der Waals surface area contributed by atoms with Gasteiger partial charge in [0.15, 0.2) is 5.84 Å². The molecule has 0 aliphatic rings. The van der Waals surface area contributed by atoms with E-state index in [9.17, 15) is 4.79 Å². The third-order valence-corrected chi connectivity index (χ3v) is 0.539. The van der Waals surface area contributed by atoms with Crippen LogP contribution in [0.1, 0.15) is 0 Å². The lowest BCUT2D eigenvalue weighted by Crippen LogP contribution is -2.35. The van der Waals surface area contributed by atoms with Crippen molar-refractivity contribution in [1.82, 2.24) is 5.32 Å². The number of nitrogens with two attached hydrogens (primary N) is 1. The number of nitrogens with one attached hydrogen (secondary N) is 1. The summed E-state index contributed by atoms with van der Waals surface area (Å²) >= 11 is 0. The van der Waals surface area contributed by atoms with E-state index in [1.165, 1.54) is 0 Å². The SMILES string of the molecule is NC(=O)NC(/C=N/O)=N\O. The van der Waals surface area contributed by atoms with Crippen molar-refractivity contribution in [2.24, 2.45) is 16.0 Å². The summed E-state index contributed by atoms with van der Waals surface area (Å²) in [7, 11) is 0. The monoisotopic (exact) mass is 146 g/mol. The van der Waals surface area contributed by atoms with Gasteiger partial charge in [-0.15, -0.1) is 0 Å². The molecule has 0 unspecified atom stereocenters. The van der Waals surface area contributed by atoms with Crippen LogP contribution >= 0.6 is 0 Å². The van der Waals surface area contributed by atoms with E-state index in [0.29, 0.717) is 6.21 Å². The average molecular weight is 146 g/mol. The third-order valence-electron chi connectivity index (χ3n) is 0.539. The van der Waals surface area contributed by atoms with E-state index < -0.39 is 6.03 Å². The van der Waals surface area contributed by atoms with E-state index >= 15 is 0 Å². The van der Waals surface area contributed by atoms with E-state index in [0.717, 1.165) is 0 Å². The van der Waals surface area contributed by atoms with Crippen molar-refractivity contribution >= 4 is 18.1 Å². The van der Waals surface area contributed by atoms with Crippen LogP contribution < -0.4 is 11.1 Å². The Hall–Kier alpha value is -1.79. The largest absolute Gasteiger partial charge is 0.411 e. The van der Waals surface area contributed by atoms with Gasteiger partial charge in [0.25, 0.3) is 0 Å². The molecule has 0 heterocycles. The summed E-state index contributed by atoms with van der Waals surface area (Å²) in [5.41, 5.74) is 4.61. The lowest BCUT2D eigenvalue weighted by Gasteiger charge is -1.94. The van der Waals surface area contributed by atoms with Crippen LogP contribution in [0.25, 0.3) is 0 Å². The standard InChI is InChI=1S/C3H6N4O3/c4-3(8)6-2(7-10)1-5-9/h1,9-10H,(H3,4,6,7,8)/b5-1+. The second-order valence-corrected chi connectivity index (χ2v) is 1.22. The smallest absolute Gasteiger partial charge is 0.317 e. The van der Waals surface area contributed by atoms with Crippen LogP contribution in [0.2, 0.25) is 0 Å². The predicted octanol–water partition coefficient (Wildman–Crippen LogP) is -1.10. The van der Waals surface area contributed by atoms with Crippen molar-refractivity contribution in [3.63, 3.8) is 0 Å². The number of amidine groups is 1. The molecule has 5 N–H and O–H groups in total. The molecular weight excluding hydrogens is 140 g/mol. The summed E-state index contributed by atoms with van der Waals surface area (Å²) in [6, 6.07) is -0.910. The van der Waals surface area contributed by atoms with Gasteiger partial charge in [0, 0.05) is 0 Å². The number of urea groups is 1. The van der Waals surface area contributed by atoms with E-state index in [4.69, 9.17) is 10.4 Å². The van der Waals surface area contributed by atoms with E-state index in [1.54, 1.807) is 0 Å². The first-order valence-corrected chi connectivity index (χ1v) is 2.16. The van der Waals surface area contributed by atoms with Gasteiger partial charge in [-0.05, 0) is 0 Å². The Kier molecular flexibility index (Phi) is 3.39. The van der Waals surface area contributed by atoms with E-state index in [1.807, 2.05) is 5.32 Å². The van der Waals surface area contributed by atoms with Crippen LogP contribution in [0.3, 0.4) is 0 Å². The number of hydrogen-bond donors (Lipinski definition) is 4. The van der Waals surface area contributed by atoms with Gasteiger partial charge < -0.3 is 16.1 Å². The Bertz CT molecular complexity index is 175. The fourth-order valence-electron chi connectivity index (χ4n) is 0.264. The Morgan fingerprint density at radius 3 is 2.50 bits per heavy atom. The lowest BCUT2D eigenvalue weighted by atomic mass is 10.6. The summed E-state index contributed by atoms with van der Waals surface area (Å²) in [6.07, 6.45) is 0.713. The zero-order chi connectivity index (χ0) is 7.98. The molecule has 0 bridgehead atoms. The van der Waals surface area contributed by atoms with Gasteiger partial charge in [-0.1, -0.05) is 10.3 Å². The highest BCUT2D eigenvalue weighted by molar-refractivity contribution is 6.32. The molecule has 0 aromatic rings. The van der Waals surface area contributed by atoms with Crippen molar-refractivity contribution in [2.45, 2.75) is 0 Å². The Morgan fingerprint density at radius 1 is 1.60 bits per heavy atom. The molecule has 0 aromatic heterocycles. The van der Waals surface area contributed by atoms with Crippen molar-refractivity contribution < 1.29 is 15.2 Å². The summed E-state index contributed by atoms with van der Waals surface area (Å²) in [4.78, 5) is 10.0. The molecule has 0 aliphatic carbocycles. The number of rotatable bonds is 1. The first-order chi connectivity index (χ1) is 4.70. The zero-order valence-corrected chi connectivity index (χ0v) is 4.85. The molecule has 0 saturated heterocycles. The van der Waals surface area contributed by atoms with E-state index in [2.05, 4.69) is 16.0 Å². The molecule has 0 aromatic carbocycles. The molecule has 56 valence electrons. The van der Waals surface area contributed by atoms with Gasteiger partial charge in [-0.25, -0.2) is 4.79 Å². The molecule has 0 fully saturated rings. The Labute approximate surface area is 55.8 Å². The first-order valence-electron chi connectivity index (χ1n) is 2.16. The quantitative estimate of drug-likeness (QED) is 0.162. The number of primary amides is 1. The fourth-order valence-corrected chi connectivity index (χ4v) is 0.264. The average Bonchev–Trinajstić information content (AvgIpc) is 1.86. The van der Waals surface area contributed by atoms with Crippen LogP contribution in [0.5, 0.6) is 0 Å². The number of hydrogen-bond acceptors (Lipinski definition) is 5. The molecular formula is C3H6N4O3. The minimum atomic E-state index is -0.910. The molecule has 10 heavy (non-hydrogen) atoms. The summed E-state index contributed by atoms with van der Waals surface area (Å²) < 4.78 is 0. The van der Waals surface area contributed by atoms with Crippen LogP contribution in [0.15, 0.2) is 10.3 Å². The number of oxime groups is 2. The normalized spacial score (nSPS) is 11.8. The van der Waals surface area contributed by atoms with Crippen molar-refractivity contribution in [2.75, 3.05) is 0 Å². The van der Waals surface area contributed by atoms with Gasteiger partial charge in [0.2, 0.25) is 0 Å². The fraction of sp³-hybridized carbons (Fsp3) is 0. The molecule has 0 rings (SSSR count). The van der Waals surface area contributed by atoms with Gasteiger partial charge in [0.05, 0.1) is 0 Å². The van der Waals surface area contributed by atoms with Crippen LogP contribution in [0.4, 0.5) is 4.79 Å². The predicted molar refractivity (Wildman–Crippen MR) is 32.2 cm³/mol. The molecule has 0 aliphatic heterocycles. The summed E-state index contributed by atoms with van der Waals surface area (Å²) in [5, 5.41) is 22.7. The highest BCUT2D eigenvalue weighted by Gasteiger charge is 1.97. The van der Waals surface area contributed by atoms with Gasteiger partial charge in [-0.2, -0.15) is 0 Å². The van der Waals surface area contributed by atoms with Gasteiger partial charge in [0.1, 0.15) is 6.21 Å². The topological polar surface area (TPSA) is 120 Å². The van der Waals surface area contributed by atoms with Crippen molar-refractivity contribution in [3.05, 3.63) is 0 Å². The second kappa shape index (κ2) is 4.13. The van der Waals surface area contributed by atoms with Gasteiger partial charge >= 0.3 is 6.03 Å². The number of nitrogens with zero attached hydrogens (tertiary/aromatic N) is 2. The highest BCUT2D eigenvalue weighted by Crippen LogP contribution is 1.65. The third kappa shape index (κ3) is 3.24. The van der Waals surface area contributed by atoms with Crippen LogP contribution in [0, 0.1) is 0 Å². The van der Waals surface area contributed by atoms with Crippen molar-refractivity contribution in [1.29, 1.82) is 0 Å². The maximum absolute atomic E-state index is 10.0. The molecule has 0 radical (unpaired) electrons. The second-order valence-electron chi connectivity index (χ2n) is 1.22. The number of carbonyl (C=O) groups is 1. The van der Waals surface area contributed by atoms with Crippen LogP contribution in [-0.4, -0.2) is 28.5 Å². The first kappa shape index (κ1) is 8.21. The summed E-state index contributed by atoms with van der Waals surface area (Å²) in [5.74, 6) is -0.338. The van der Waals surface area contributed by atoms with Crippen molar-refractivity contribution in [3.8, 4) is 0 Å². The molecule has 7 nitrogen and oxygen atoms in total. The van der Waals surface area contributed by atoms with E-state index in [-0.39, 0.29) is 5.84 Å².